The summed E-state index contributed by atoms with van der Waals surface area (Å²) in [5.41, 5.74) is -0.134. The number of hydrogen-bond acceptors (Lipinski definition) is 5. The number of sulfone groups is 1. The second kappa shape index (κ2) is 11.0. The molecule has 2 aliphatic rings. The smallest absolute Gasteiger partial charge is 0.378 e. The van der Waals surface area contributed by atoms with Crippen molar-refractivity contribution in [3.8, 4) is 0 Å². The van der Waals surface area contributed by atoms with Gasteiger partial charge in [0.15, 0.2) is 15.8 Å². The summed E-state index contributed by atoms with van der Waals surface area (Å²) >= 11 is 0. The first-order chi connectivity index (χ1) is 14.2. The zero-order chi connectivity index (χ0) is 21.8. The number of guanidine groups is 1. The first-order valence-corrected chi connectivity index (χ1v) is 11.8. The van der Waals surface area contributed by atoms with Gasteiger partial charge in [0.1, 0.15) is 0 Å². The van der Waals surface area contributed by atoms with Gasteiger partial charge in [0.2, 0.25) is 0 Å². The van der Waals surface area contributed by atoms with Crippen molar-refractivity contribution in [1.29, 1.82) is 0 Å². The molecule has 2 N–H and O–H groups in total. The summed E-state index contributed by atoms with van der Waals surface area (Å²) in [6.45, 7) is 4.24. The van der Waals surface area contributed by atoms with E-state index in [2.05, 4.69) is 15.6 Å². The molecule has 2 aliphatic heterocycles. The minimum atomic E-state index is -4.50. The lowest BCUT2D eigenvalue weighted by atomic mass is 10.1. The minimum absolute atomic E-state index is 0. The lowest BCUT2D eigenvalue weighted by molar-refractivity contribution is -0.138. The number of benzene rings is 1. The molecule has 31 heavy (non-hydrogen) atoms. The molecule has 0 aromatic heterocycles. The lowest BCUT2D eigenvalue weighted by Gasteiger charge is -2.29. The largest absolute Gasteiger partial charge is 0.416 e. The first-order valence-electron chi connectivity index (χ1n) is 9.96. The van der Waals surface area contributed by atoms with Gasteiger partial charge in [0, 0.05) is 31.4 Å². The van der Waals surface area contributed by atoms with Crippen LogP contribution < -0.4 is 15.5 Å². The molecule has 1 atom stereocenters. The zero-order valence-electron chi connectivity index (χ0n) is 17.2. The van der Waals surface area contributed by atoms with Gasteiger partial charge in [0.05, 0.1) is 36.8 Å². The molecule has 7 nitrogen and oxygen atoms in total. The van der Waals surface area contributed by atoms with E-state index in [9.17, 15) is 21.6 Å². The zero-order valence-corrected chi connectivity index (χ0v) is 20.4. The summed E-state index contributed by atoms with van der Waals surface area (Å²) in [4.78, 5) is 6.15. The summed E-state index contributed by atoms with van der Waals surface area (Å²) < 4.78 is 69.6. The Kier molecular flexibility index (Phi) is 9.25. The molecule has 2 saturated heterocycles. The molecule has 0 spiro atoms. The van der Waals surface area contributed by atoms with Gasteiger partial charge in [-0.05, 0) is 31.0 Å². The van der Waals surface area contributed by atoms with E-state index in [0.717, 1.165) is 0 Å². The van der Waals surface area contributed by atoms with E-state index < -0.39 is 21.6 Å². The molecule has 2 fully saturated rings. The second-order valence-corrected chi connectivity index (χ2v) is 9.61. The van der Waals surface area contributed by atoms with Crippen LogP contribution in [0.2, 0.25) is 0 Å². The van der Waals surface area contributed by atoms with Crippen LogP contribution in [0, 0.1) is 0 Å². The Balaban J connectivity index is 0.00000341. The van der Waals surface area contributed by atoms with Crippen LogP contribution in [-0.4, -0.2) is 64.8 Å². The van der Waals surface area contributed by atoms with Crippen LogP contribution in [0.3, 0.4) is 0 Å². The Bertz CT molecular complexity index is 875. The fourth-order valence-electron chi connectivity index (χ4n) is 3.57. The molecule has 0 amide bonds. The highest BCUT2D eigenvalue weighted by molar-refractivity contribution is 14.0. The van der Waals surface area contributed by atoms with Gasteiger partial charge >= 0.3 is 6.18 Å². The van der Waals surface area contributed by atoms with E-state index in [-0.39, 0.29) is 53.6 Å². The van der Waals surface area contributed by atoms with Crippen LogP contribution >= 0.6 is 24.0 Å². The number of rotatable bonds is 5. The van der Waals surface area contributed by atoms with Gasteiger partial charge in [-0.1, -0.05) is 6.07 Å². The van der Waals surface area contributed by atoms with E-state index in [1.807, 2.05) is 11.8 Å². The normalized spacial score (nSPS) is 21.5. The molecule has 2 heterocycles. The Hall–Kier alpha value is -1.28. The molecular formula is C19H28F3IN4O3S. The number of aliphatic imine (C=N–C) groups is 1. The molecule has 3 rings (SSSR count). The highest BCUT2D eigenvalue weighted by atomic mass is 127. The van der Waals surface area contributed by atoms with Crippen molar-refractivity contribution in [3.63, 3.8) is 0 Å². The van der Waals surface area contributed by atoms with Gasteiger partial charge < -0.3 is 20.3 Å². The van der Waals surface area contributed by atoms with Crippen molar-refractivity contribution in [2.45, 2.75) is 32.1 Å². The summed E-state index contributed by atoms with van der Waals surface area (Å²) in [6.07, 6.45) is -4.05. The summed E-state index contributed by atoms with van der Waals surface area (Å²) in [5, 5.41) is 5.99. The topological polar surface area (TPSA) is 83.0 Å². The van der Waals surface area contributed by atoms with E-state index >= 15 is 0 Å². The van der Waals surface area contributed by atoms with Crippen molar-refractivity contribution < 1.29 is 26.3 Å². The Labute approximate surface area is 197 Å². The number of anilines is 1. The molecule has 176 valence electrons. The molecule has 12 heteroatoms. The third-order valence-corrected chi connectivity index (χ3v) is 6.87. The standard InChI is InChI=1S/C19H27F3N4O3S.HI/c1-2-23-18(25-15-5-10-30(27,28)13-15)24-12-14-3-4-16(11-17(14)19(20,21)22)26-6-8-29-9-7-26;/h3-4,11,15H,2,5-10,12-13H2,1H3,(H2,23,24,25);1H. The van der Waals surface area contributed by atoms with Crippen molar-refractivity contribution in [2.75, 3.05) is 49.3 Å². The number of morpholine rings is 1. The average molecular weight is 576 g/mol. The van der Waals surface area contributed by atoms with Gasteiger partial charge in [0.25, 0.3) is 0 Å². The van der Waals surface area contributed by atoms with Crippen LogP contribution in [0.5, 0.6) is 0 Å². The van der Waals surface area contributed by atoms with Crippen molar-refractivity contribution in [2.24, 2.45) is 4.99 Å². The fourth-order valence-corrected chi connectivity index (χ4v) is 5.24. The number of nitrogens with zero attached hydrogens (tertiary/aromatic N) is 2. The maximum absolute atomic E-state index is 13.7. The van der Waals surface area contributed by atoms with Crippen LogP contribution in [0.1, 0.15) is 24.5 Å². The lowest BCUT2D eigenvalue weighted by Crippen LogP contribution is -2.44. The number of ether oxygens (including phenoxy) is 1. The first kappa shape index (κ1) is 26.0. The number of halogens is 4. The summed E-state index contributed by atoms with van der Waals surface area (Å²) in [7, 11) is -3.07. The van der Waals surface area contributed by atoms with Crippen LogP contribution in [0.4, 0.5) is 18.9 Å². The number of alkyl halides is 3. The van der Waals surface area contributed by atoms with E-state index in [0.29, 0.717) is 50.9 Å². The highest BCUT2D eigenvalue weighted by Gasteiger charge is 2.34. The van der Waals surface area contributed by atoms with Gasteiger partial charge in [-0.25, -0.2) is 13.4 Å². The number of nitrogens with one attached hydrogen (secondary N) is 2. The molecular weight excluding hydrogens is 548 g/mol. The highest BCUT2D eigenvalue weighted by Crippen LogP contribution is 2.35. The molecule has 1 aromatic rings. The number of hydrogen-bond donors (Lipinski definition) is 2. The minimum Gasteiger partial charge on any atom is -0.378 e. The maximum Gasteiger partial charge on any atom is 0.416 e. The third-order valence-electron chi connectivity index (χ3n) is 5.10. The average Bonchev–Trinajstić information content (AvgIpc) is 3.04. The maximum atomic E-state index is 13.7. The summed E-state index contributed by atoms with van der Waals surface area (Å²) in [5.74, 6) is 0.412. The van der Waals surface area contributed by atoms with Crippen molar-refractivity contribution in [3.05, 3.63) is 29.3 Å². The Morgan fingerprint density at radius 3 is 2.58 bits per heavy atom. The van der Waals surface area contributed by atoms with Crippen LogP contribution in [-0.2, 0) is 27.3 Å². The molecule has 1 unspecified atom stereocenters. The van der Waals surface area contributed by atoms with E-state index in [1.165, 1.54) is 12.1 Å². The van der Waals surface area contributed by atoms with Gasteiger partial charge in [-0.15, -0.1) is 24.0 Å². The van der Waals surface area contributed by atoms with E-state index in [1.54, 1.807) is 6.07 Å². The predicted molar refractivity (Wildman–Crippen MR) is 125 cm³/mol. The summed E-state index contributed by atoms with van der Waals surface area (Å²) in [6, 6.07) is 4.01. The molecule has 0 bridgehead atoms. The molecule has 0 radical (unpaired) electrons. The second-order valence-electron chi connectivity index (χ2n) is 7.38. The Morgan fingerprint density at radius 1 is 1.29 bits per heavy atom. The van der Waals surface area contributed by atoms with Crippen LogP contribution in [0.25, 0.3) is 0 Å². The quantitative estimate of drug-likeness (QED) is 0.319. The molecule has 0 saturated carbocycles. The Morgan fingerprint density at radius 2 is 2.00 bits per heavy atom. The van der Waals surface area contributed by atoms with Gasteiger partial charge in [-0.3, -0.25) is 0 Å². The fraction of sp³-hybridized carbons (Fsp3) is 0.632. The van der Waals surface area contributed by atoms with Crippen molar-refractivity contribution >= 4 is 45.5 Å². The van der Waals surface area contributed by atoms with E-state index in [4.69, 9.17) is 4.74 Å². The van der Waals surface area contributed by atoms with Gasteiger partial charge in [-0.2, -0.15) is 13.2 Å². The van der Waals surface area contributed by atoms with Crippen molar-refractivity contribution in [1.82, 2.24) is 10.6 Å². The third kappa shape index (κ3) is 7.38. The predicted octanol–water partition coefficient (Wildman–Crippen LogP) is 2.40. The molecule has 0 aliphatic carbocycles. The monoisotopic (exact) mass is 576 g/mol. The van der Waals surface area contributed by atoms with Crippen LogP contribution in [0.15, 0.2) is 23.2 Å². The SMILES string of the molecule is CCNC(=NCc1ccc(N2CCOCC2)cc1C(F)(F)F)NC1CCS(=O)(=O)C1.I. The molecule has 1 aromatic carbocycles.